The van der Waals surface area contributed by atoms with Gasteiger partial charge in [-0.15, -0.1) is 5.10 Å². The van der Waals surface area contributed by atoms with Crippen LogP contribution < -0.4 is 11.1 Å². The molecule has 4 rings (SSSR count). The Balaban J connectivity index is 1.67. The summed E-state index contributed by atoms with van der Waals surface area (Å²) in [6.45, 7) is 1.55. The van der Waals surface area contributed by atoms with Crippen molar-refractivity contribution in [2.75, 3.05) is 37.4 Å². The Morgan fingerprint density at radius 3 is 2.34 bits per heavy atom. The molecule has 2 heterocycles. The smallest absolute Gasteiger partial charge is 0.381 e. The van der Waals surface area contributed by atoms with Gasteiger partial charge >= 0.3 is 6.18 Å². The SMILES string of the molecule is Nc1nc(Nc2cc(Cl)c(-c3ccc(S(=O)(=O)N4CCCOCCC4)cc3)c(C(F)(F)F)c2)n[nH]1. The number of alkyl halides is 3. The second-order valence-corrected chi connectivity index (χ2v) is 10.1. The predicted octanol–water partition coefficient (Wildman–Crippen LogP) is 4.27. The second kappa shape index (κ2) is 10.0. The van der Waals surface area contributed by atoms with E-state index in [1.807, 2.05) is 0 Å². The maximum Gasteiger partial charge on any atom is 0.417 e. The minimum atomic E-state index is -4.74. The molecule has 0 radical (unpaired) electrons. The number of benzene rings is 2. The molecule has 9 nitrogen and oxygen atoms in total. The van der Waals surface area contributed by atoms with Crippen LogP contribution in [-0.2, 0) is 20.9 Å². The van der Waals surface area contributed by atoms with Gasteiger partial charge in [0.15, 0.2) is 0 Å². The van der Waals surface area contributed by atoms with E-state index in [0.29, 0.717) is 39.1 Å². The molecular formula is C21H22ClF3N6O3S. The molecule has 0 atom stereocenters. The molecule has 0 unspecified atom stereocenters. The Bertz CT molecular complexity index is 1290. The van der Waals surface area contributed by atoms with E-state index in [9.17, 15) is 21.6 Å². The average Bonchev–Trinajstić information content (AvgIpc) is 3.17. The molecule has 1 fully saturated rings. The molecule has 0 bridgehead atoms. The minimum Gasteiger partial charge on any atom is -0.381 e. The standard InChI is InChI=1S/C21H22ClF3N6O3S/c22-17-12-14(27-20-28-19(26)29-30-20)11-16(21(23,24)25)18(17)13-3-5-15(6-4-13)35(32,33)31-7-1-9-34-10-2-8-31/h3-6,11-12H,1-2,7-10H2,(H4,26,27,28,29,30). The van der Waals surface area contributed by atoms with Crippen molar-refractivity contribution in [3.63, 3.8) is 0 Å². The molecule has 1 saturated heterocycles. The summed E-state index contributed by atoms with van der Waals surface area (Å²) in [5.41, 5.74) is 4.29. The van der Waals surface area contributed by atoms with E-state index in [2.05, 4.69) is 20.5 Å². The molecule has 4 N–H and O–H groups in total. The lowest BCUT2D eigenvalue weighted by Gasteiger charge is -2.24. The van der Waals surface area contributed by atoms with Gasteiger partial charge in [0, 0.05) is 37.6 Å². The number of rotatable bonds is 5. The Hall–Kier alpha value is -2.87. The lowest BCUT2D eigenvalue weighted by molar-refractivity contribution is -0.137. The molecule has 0 saturated carbocycles. The highest BCUT2D eigenvalue weighted by Gasteiger charge is 2.36. The van der Waals surface area contributed by atoms with Crippen LogP contribution in [0.4, 0.5) is 30.8 Å². The van der Waals surface area contributed by atoms with Crippen LogP contribution in [0.1, 0.15) is 18.4 Å². The van der Waals surface area contributed by atoms with Crippen LogP contribution >= 0.6 is 11.6 Å². The van der Waals surface area contributed by atoms with Crippen molar-refractivity contribution in [2.24, 2.45) is 0 Å². The van der Waals surface area contributed by atoms with E-state index < -0.39 is 21.8 Å². The van der Waals surface area contributed by atoms with Crippen molar-refractivity contribution in [3.05, 3.63) is 47.0 Å². The Morgan fingerprint density at radius 1 is 1.11 bits per heavy atom. The van der Waals surface area contributed by atoms with E-state index in [1.165, 1.54) is 34.6 Å². The Morgan fingerprint density at radius 2 is 1.77 bits per heavy atom. The van der Waals surface area contributed by atoms with Crippen molar-refractivity contribution in [2.45, 2.75) is 23.9 Å². The van der Waals surface area contributed by atoms with Crippen LogP contribution in [0.15, 0.2) is 41.3 Å². The first-order valence-corrected chi connectivity index (χ1v) is 12.4. The normalized spacial score (nSPS) is 16.0. The van der Waals surface area contributed by atoms with E-state index in [0.717, 1.165) is 6.07 Å². The molecule has 0 aliphatic carbocycles. The summed E-state index contributed by atoms with van der Waals surface area (Å²) in [6.07, 6.45) is -3.63. The summed E-state index contributed by atoms with van der Waals surface area (Å²) in [4.78, 5) is 3.79. The van der Waals surface area contributed by atoms with Gasteiger partial charge in [0.2, 0.25) is 21.9 Å². The molecule has 3 aromatic rings. The molecule has 1 aliphatic heterocycles. The number of hydrogen-bond donors (Lipinski definition) is 3. The Labute approximate surface area is 204 Å². The second-order valence-electron chi connectivity index (χ2n) is 7.80. The van der Waals surface area contributed by atoms with Gasteiger partial charge in [-0.05, 0) is 42.7 Å². The number of anilines is 3. The quantitative estimate of drug-likeness (QED) is 0.449. The molecule has 35 heavy (non-hydrogen) atoms. The van der Waals surface area contributed by atoms with Crippen LogP contribution in [0.25, 0.3) is 11.1 Å². The number of nitrogens with zero attached hydrogens (tertiary/aromatic N) is 3. The van der Waals surface area contributed by atoms with Crippen molar-refractivity contribution in [3.8, 4) is 11.1 Å². The van der Waals surface area contributed by atoms with E-state index >= 15 is 0 Å². The number of aromatic nitrogens is 3. The zero-order valence-electron chi connectivity index (χ0n) is 18.3. The van der Waals surface area contributed by atoms with Gasteiger partial charge in [0.05, 0.1) is 15.5 Å². The van der Waals surface area contributed by atoms with Gasteiger partial charge in [-0.2, -0.15) is 22.5 Å². The average molecular weight is 531 g/mol. The highest BCUT2D eigenvalue weighted by atomic mass is 35.5. The lowest BCUT2D eigenvalue weighted by atomic mass is 9.98. The fourth-order valence-corrected chi connectivity index (χ4v) is 5.58. The van der Waals surface area contributed by atoms with Crippen molar-refractivity contribution >= 4 is 39.2 Å². The zero-order valence-corrected chi connectivity index (χ0v) is 19.8. The van der Waals surface area contributed by atoms with Gasteiger partial charge in [-0.25, -0.2) is 13.5 Å². The molecular weight excluding hydrogens is 509 g/mol. The third-order valence-electron chi connectivity index (χ3n) is 5.33. The van der Waals surface area contributed by atoms with Crippen molar-refractivity contribution in [1.82, 2.24) is 19.5 Å². The van der Waals surface area contributed by atoms with Gasteiger partial charge in [-0.3, -0.25) is 0 Å². The molecule has 0 amide bonds. The summed E-state index contributed by atoms with van der Waals surface area (Å²) in [5.74, 6) is -0.0323. The molecule has 14 heteroatoms. The summed E-state index contributed by atoms with van der Waals surface area (Å²) >= 11 is 6.28. The van der Waals surface area contributed by atoms with E-state index in [-0.39, 0.29) is 38.6 Å². The van der Waals surface area contributed by atoms with Gasteiger partial charge in [0.25, 0.3) is 0 Å². The zero-order chi connectivity index (χ0) is 25.2. The molecule has 188 valence electrons. The highest BCUT2D eigenvalue weighted by Crippen LogP contribution is 2.43. The molecule has 1 aromatic heterocycles. The fourth-order valence-electron chi connectivity index (χ4n) is 3.74. The summed E-state index contributed by atoms with van der Waals surface area (Å²) in [6, 6.07) is 7.39. The van der Waals surface area contributed by atoms with Crippen LogP contribution in [-0.4, -0.2) is 54.2 Å². The first-order chi connectivity index (χ1) is 16.6. The maximum absolute atomic E-state index is 14.0. The van der Waals surface area contributed by atoms with Crippen LogP contribution in [0.2, 0.25) is 5.02 Å². The highest BCUT2D eigenvalue weighted by molar-refractivity contribution is 7.89. The third-order valence-corrected chi connectivity index (χ3v) is 7.54. The molecule has 1 aliphatic rings. The molecule has 0 spiro atoms. The van der Waals surface area contributed by atoms with Gasteiger partial charge in [0.1, 0.15) is 0 Å². The minimum absolute atomic E-state index is 0.00494. The number of halogens is 4. The number of nitrogens with one attached hydrogen (secondary N) is 2. The van der Waals surface area contributed by atoms with Crippen LogP contribution in [0.3, 0.4) is 0 Å². The number of nitrogen functional groups attached to an aromatic ring is 1. The first-order valence-electron chi connectivity index (χ1n) is 10.6. The van der Waals surface area contributed by atoms with Crippen LogP contribution in [0, 0.1) is 0 Å². The van der Waals surface area contributed by atoms with E-state index in [1.54, 1.807) is 0 Å². The maximum atomic E-state index is 14.0. The van der Waals surface area contributed by atoms with Gasteiger partial charge in [-0.1, -0.05) is 23.7 Å². The predicted molar refractivity (Wildman–Crippen MR) is 125 cm³/mol. The van der Waals surface area contributed by atoms with E-state index in [4.69, 9.17) is 22.1 Å². The van der Waals surface area contributed by atoms with Crippen molar-refractivity contribution in [1.29, 1.82) is 0 Å². The Kier molecular flexibility index (Phi) is 7.22. The topological polar surface area (TPSA) is 126 Å². The fraction of sp³-hybridized carbons (Fsp3) is 0.333. The summed E-state index contributed by atoms with van der Waals surface area (Å²) < 4.78 is 74.7. The summed E-state index contributed by atoms with van der Waals surface area (Å²) in [7, 11) is -3.80. The monoisotopic (exact) mass is 530 g/mol. The largest absolute Gasteiger partial charge is 0.417 e. The number of H-pyrrole nitrogens is 1. The summed E-state index contributed by atoms with van der Waals surface area (Å²) in [5, 5.41) is 8.53. The lowest BCUT2D eigenvalue weighted by Crippen LogP contribution is -2.35. The van der Waals surface area contributed by atoms with Crippen LogP contribution in [0.5, 0.6) is 0 Å². The third kappa shape index (κ3) is 5.69. The van der Waals surface area contributed by atoms with Gasteiger partial charge < -0.3 is 15.8 Å². The first kappa shape index (κ1) is 25.2. The number of aromatic amines is 1. The number of hydrogen-bond acceptors (Lipinski definition) is 7. The number of sulfonamides is 1. The number of ether oxygens (including phenoxy) is 1. The number of nitrogens with two attached hydrogens (primary N) is 1. The molecule has 2 aromatic carbocycles. The van der Waals surface area contributed by atoms with Crippen molar-refractivity contribution < 1.29 is 26.3 Å².